The van der Waals surface area contributed by atoms with Crippen molar-refractivity contribution >= 4 is 23.4 Å². The zero-order chi connectivity index (χ0) is 15.0. The van der Waals surface area contributed by atoms with Crippen molar-refractivity contribution in [2.75, 3.05) is 13.1 Å². The van der Waals surface area contributed by atoms with E-state index in [-0.39, 0.29) is 30.4 Å². The molecular weight excluding hydrogens is 288 g/mol. The Morgan fingerprint density at radius 2 is 2.10 bits per heavy atom. The highest BCUT2D eigenvalue weighted by molar-refractivity contribution is 6.30. The van der Waals surface area contributed by atoms with Crippen molar-refractivity contribution in [1.29, 1.82) is 0 Å². The van der Waals surface area contributed by atoms with Gasteiger partial charge < -0.3 is 9.80 Å². The zero-order valence-electron chi connectivity index (χ0n) is 12.1. The summed E-state index contributed by atoms with van der Waals surface area (Å²) in [5.74, 6) is 0.134. The van der Waals surface area contributed by atoms with Crippen molar-refractivity contribution in [3.05, 3.63) is 34.9 Å². The maximum Gasteiger partial charge on any atom is 0.246 e. The molecule has 5 heteroatoms. The van der Waals surface area contributed by atoms with Gasteiger partial charge in [-0.15, -0.1) is 0 Å². The number of halogens is 1. The summed E-state index contributed by atoms with van der Waals surface area (Å²) in [6.45, 7) is 2.84. The highest BCUT2D eigenvalue weighted by atomic mass is 35.5. The minimum atomic E-state index is -0.262. The normalized spacial score (nSPS) is 24.0. The third-order valence-electron chi connectivity index (χ3n) is 4.50. The van der Waals surface area contributed by atoms with E-state index >= 15 is 0 Å². The van der Waals surface area contributed by atoms with Crippen LogP contribution in [0.2, 0.25) is 5.02 Å². The Bertz CT molecular complexity index is 575. The number of piperazine rings is 1. The first-order valence-corrected chi connectivity index (χ1v) is 7.81. The lowest BCUT2D eigenvalue weighted by atomic mass is 9.96. The van der Waals surface area contributed by atoms with Crippen molar-refractivity contribution in [1.82, 2.24) is 9.80 Å². The van der Waals surface area contributed by atoms with E-state index in [1.54, 1.807) is 9.80 Å². The zero-order valence-corrected chi connectivity index (χ0v) is 12.8. The number of carbonyl (C=O) groups excluding carboxylic acids is 2. The molecule has 2 saturated heterocycles. The van der Waals surface area contributed by atoms with Gasteiger partial charge in [0.25, 0.3) is 0 Å². The number of benzene rings is 1. The van der Waals surface area contributed by atoms with E-state index in [1.807, 2.05) is 31.2 Å². The Kier molecular flexibility index (Phi) is 3.89. The number of carbonyl (C=O) groups is 2. The summed E-state index contributed by atoms with van der Waals surface area (Å²) in [7, 11) is 0. The molecule has 112 valence electrons. The van der Waals surface area contributed by atoms with E-state index in [1.165, 1.54) is 0 Å². The molecule has 21 heavy (non-hydrogen) atoms. The fourth-order valence-corrected chi connectivity index (χ4v) is 3.47. The number of fused-ring (bicyclic) bond motifs is 1. The summed E-state index contributed by atoms with van der Waals surface area (Å²) in [5, 5.41) is 0.648. The SMILES string of the molecule is CC(c1cccc(Cl)c1)N1CC(=O)N2CCCCC2C1=O. The van der Waals surface area contributed by atoms with Crippen LogP contribution in [0.1, 0.15) is 37.8 Å². The van der Waals surface area contributed by atoms with Crippen LogP contribution in [0, 0.1) is 0 Å². The highest BCUT2D eigenvalue weighted by Gasteiger charge is 2.42. The molecule has 0 bridgehead atoms. The number of hydrogen-bond acceptors (Lipinski definition) is 2. The van der Waals surface area contributed by atoms with Crippen LogP contribution in [-0.4, -0.2) is 40.7 Å². The summed E-state index contributed by atoms with van der Waals surface area (Å²) in [6.07, 6.45) is 2.79. The van der Waals surface area contributed by atoms with Crippen LogP contribution in [0.25, 0.3) is 0 Å². The number of hydrogen-bond donors (Lipinski definition) is 0. The maximum absolute atomic E-state index is 12.7. The second-order valence-electron chi connectivity index (χ2n) is 5.80. The Morgan fingerprint density at radius 3 is 2.86 bits per heavy atom. The van der Waals surface area contributed by atoms with Gasteiger partial charge in [0.15, 0.2) is 0 Å². The molecule has 0 saturated carbocycles. The van der Waals surface area contributed by atoms with E-state index in [0.29, 0.717) is 11.6 Å². The molecule has 3 rings (SSSR count). The molecule has 2 amide bonds. The summed E-state index contributed by atoms with van der Waals surface area (Å²) >= 11 is 6.02. The van der Waals surface area contributed by atoms with Gasteiger partial charge in [0, 0.05) is 11.6 Å². The minimum absolute atomic E-state index is 0.0631. The lowest BCUT2D eigenvalue weighted by Crippen LogP contribution is -2.61. The first-order valence-electron chi connectivity index (χ1n) is 7.43. The van der Waals surface area contributed by atoms with Gasteiger partial charge in [0.05, 0.1) is 6.04 Å². The monoisotopic (exact) mass is 306 g/mol. The number of nitrogens with zero attached hydrogens (tertiary/aromatic N) is 2. The molecule has 2 fully saturated rings. The second-order valence-corrected chi connectivity index (χ2v) is 6.23. The Labute approximate surface area is 129 Å². The molecule has 4 nitrogen and oxygen atoms in total. The van der Waals surface area contributed by atoms with Crippen LogP contribution >= 0.6 is 11.6 Å². The first-order chi connectivity index (χ1) is 10.1. The lowest BCUT2D eigenvalue weighted by Gasteiger charge is -2.44. The smallest absolute Gasteiger partial charge is 0.246 e. The van der Waals surface area contributed by atoms with E-state index in [2.05, 4.69) is 0 Å². The molecule has 0 aliphatic carbocycles. The minimum Gasteiger partial charge on any atom is -0.329 e. The molecule has 2 aliphatic heterocycles. The van der Waals surface area contributed by atoms with Gasteiger partial charge in [-0.25, -0.2) is 0 Å². The second kappa shape index (κ2) is 5.68. The van der Waals surface area contributed by atoms with Gasteiger partial charge in [-0.1, -0.05) is 23.7 Å². The van der Waals surface area contributed by atoms with Gasteiger partial charge in [-0.05, 0) is 43.9 Å². The van der Waals surface area contributed by atoms with Crippen LogP contribution in [0.4, 0.5) is 0 Å². The highest BCUT2D eigenvalue weighted by Crippen LogP contribution is 2.29. The Hall–Kier alpha value is -1.55. The molecule has 1 aromatic rings. The van der Waals surface area contributed by atoms with Gasteiger partial charge >= 0.3 is 0 Å². The van der Waals surface area contributed by atoms with Crippen molar-refractivity contribution < 1.29 is 9.59 Å². The van der Waals surface area contributed by atoms with Gasteiger partial charge in [0.2, 0.25) is 11.8 Å². The fraction of sp³-hybridized carbons (Fsp3) is 0.500. The van der Waals surface area contributed by atoms with Crippen LogP contribution < -0.4 is 0 Å². The van der Waals surface area contributed by atoms with E-state index in [9.17, 15) is 9.59 Å². The molecular formula is C16H19ClN2O2. The predicted octanol–water partition coefficient (Wildman–Crippen LogP) is 2.62. The Balaban J connectivity index is 1.85. The predicted molar refractivity (Wildman–Crippen MR) is 80.9 cm³/mol. The standard InChI is InChI=1S/C16H19ClN2O2/c1-11(12-5-4-6-13(17)9-12)19-10-15(20)18-8-3-2-7-14(18)16(19)21/h4-6,9,11,14H,2-3,7-8,10H2,1H3. The van der Waals surface area contributed by atoms with Crippen LogP contribution in [0.3, 0.4) is 0 Å². The topological polar surface area (TPSA) is 40.6 Å². The average Bonchev–Trinajstić information content (AvgIpc) is 2.50. The number of rotatable bonds is 2. The first kappa shape index (κ1) is 14.4. The van der Waals surface area contributed by atoms with E-state index in [4.69, 9.17) is 11.6 Å². The van der Waals surface area contributed by atoms with Gasteiger partial charge in [0.1, 0.15) is 12.6 Å². The molecule has 2 unspecified atom stereocenters. The molecule has 0 spiro atoms. The third-order valence-corrected chi connectivity index (χ3v) is 4.73. The fourth-order valence-electron chi connectivity index (χ4n) is 3.27. The quantitative estimate of drug-likeness (QED) is 0.843. The molecule has 0 aromatic heterocycles. The molecule has 2 atom stereocenters. The summed E-state index contributed by atoms with van der Waals surface area (Å²) in [4.78, 5) is 28.4. The molecule has 0 radical (unpaired) electrons. The van der Waals surface area contributed by atoms with E-state index < -0.39 is 0 Å². The van der Waals surface area contributed by atoms with Gasteiger partial charge in [-0.2, -0.15) is 0 Å². The lowest BCUT2D eigenvalue weighted by molar-refractivity contribution is -0.159. The maximum atomic E-state index is 12.7. The summed E-state index contributed by atoms with van der Waals surface area (Å²) in [6, 6.07) is 7.09. The third kappa shape index (κ3) is 2.64. The number of piperidine rings is 1. The largest absolute Gasteiger partial charge is 0.329 e. The van der Waals surface area contributed by atoms with Crippen LogP contribution in [0.5, 0.6) is 0 Å². The van der Waals surface area contributed by atoms with Crippen molar-refractivity contribution in [3.8, 4) is 0 Å². The Morgan fingerprint density at radius 1 is 1.29 bits per heavy atom. The van der Waals surface area contributed by atoms with Crippen LogP contribution in [0.15, 0.2) is 24.3 Å². The summed E-state index contributed by atoms with van der Waals surface area (Å²) in [5.41, 5.74) is 0.966. The van der Waals surface area contributed by atoms with Crippen molar-refractivity contribution in [2.45, 2.75) is 38.3 Å². The van der Waals surface area contributed by atoms with Crippen molar-refractivity contribution in [3.63, 3.8) is 0 Å². The molecule has 2 aliphatic rings. The number of amides is 2. The summed E-state index contributed by atoms with van der Waals surface area (Å²) < 4.78 is 0. The van der Waals surface area contributed by atoms with Crippen molar-refractivity contribution in [2.24, 2.45) is 0 Å². The van der Waals surface area contributed by atoms with Crippen LogP contribution in [-0.2, 0) is 9.59 Å². The average molecular weight is 307 g/mol. The molecule has 1 aromatic carbocycles. The molecule has 0 N–H and O–H groups in total. The van der Waals surface area contributed by atoms with E-state index in [0.717, 1.165) is 24.8 Å². The molecule has 2 heterocycles. The van der Waals surface area contributed by atoms with Gasteiger partial charge in [-0.3, -0.25) is 9.59 Å².